The van der Waals surface area contributed by atoms with Gasteiger partial charge in [-0.15, -0.1) is 0 Å². The van der Waals surface area contributed by atoms with Gasteiger partial charge in [0.05, 0.1) is 0 Å². The first-order chi connectivity index (χ1) is 11.0. The number of hydrogen-bond acceptors (Lipinski definition) is 5. The van der Waals surface area contributed by atoms with E-state index in [2.05, 4.69) is 4.98 Å². The Labute approximate surface area is 137 Å². The van der Waals surface area contributed by atoms with Gasteiger partial charge in [0, 0.05) is 31.6 Å². The lowest BCUT2D eigenvalue weighted by molar-refractivity contribution is -0.127. The van der Waals surface area contributed by atoms with E-state index in [-0.39, 0.29) is 23.3 Å². The molecule has 0 atom stereocenters. The smallest absolute Gasteiger partial charge is 0.259 e. The number of carbonyl (C=O) groups is 1. The molecule has 1 fully saturated rings. The third-order valence-electron chi connectivity index (χ3n) is 3.18. The fraction of sp³-hybridized carbons (Fsp3) is 0.471. The molecule has 0 saturated carbocycles. The highest BCUT2D eigenvalue weighted by atomic mass is 16.3. The Morgan fingerprint density at radius 3 is 2.39 bits per heavy atom. The van der Waals surface area contributed by atoms with Crippen LogP contribution in [-0.2, 0) is 4.79 Å². The van der Waals surface area contributed by atoms with Gasteiger partial charge in [0.15, 0.2) is 5.76 Å². The van der Waals surface area contributed by atoms with Crippen molar-refractivity contribution in [2.45, 2.75) is 39.2 Å². The lowest BCUT2D eigenvalue weighted by atomic mass is 10.1. The zero-order valence-electron chi connectivity index (χ0n) is 13.7. The number of amides is 1. The fourth-order valence-corrected chi connectivity index (χ4v) is 2.14. The molecule has 0 bridgehead atoms. The van der Waals surface area contributed by atoms with Crippen LogP contribution in [0.25, 0.3) is 5.76 Å². The van der Waals surface area contributed by atoms with Crippen LogP contribution in [0.5, 0.6) is 0 Å². The highest BCUT2D eigenvalue weighted by molar-refractivity contribution is 6.16. The van der Waals surface area contributed by atoms with E-state index in [0.29, 0.717) is 18.8 Å². The molecule has 0 aliphatic carbocycles. The molecule has 0 unspecified atom stereocenters. The Hall–Kier alpha value is -2.21. The summed E-state index contributed by atoms with van der Waals surface area (Å²) in [6.45, 7) is 4.82. The topological polar surface area (TPSA) is 97.5 Å². The molecule has 1 aliphatic heterocycles. The van der Waals surface area contributed by atoms with Gasteiger partial charge in [-0.3, -0.25) is 9.78 Å². The summed E-state index contributed by atoms with van der Waals surface area (Å²) in [6.07, 6.45) is 5.35. The standard InChI is InChI=1S/C14H17N3O2.C3H8O/c15-10-11(13(18)12-6-2-3-7-16-12)14(19)17-8-4-1-5-9-17;1-3(2)4/h2-3,6-7,10,15,18H,1,4-5,8-9H2;3-4H,1-2H3/b13-11+,15-10?;. The quantitative estimate of drug-likeness (QED) is 0.453. The van der Waals surface area contributed by atoms with Crippen molar-refractivity contribution in [1.29, 1.82) is 5.41 Å². The maximum Gasteiger partial charge on any atom is 0.259 e. The van der Waals surface area contributed by atoms with E-state index in [4.69, 9.17) is 10.5 Å². The van der Waals surface area contributed by atoms with Crippen LogP contribution in [0.1, 0.15) is 38.8 Å². The maximum absolute atomic E-state index is 12.3. The van der Waals surface area contributed by atoms with Gasteiger partial charge in [-0.05, 0) is 45.2 Å². The van der Waals surface area contributed by atoms with Gasteiger partial charge in [-0.2, -0.15) is 0 Å². The molecule has 2 heterocycles. The number of aromatic nitrogens is 1. The second-order valence-electron chi connectivity index (χ2n) is 5.57. The Morgan fingerprint density at radius 2 is 1.91 bits per heavy atom. The maximum atomic E-state index is 12.3. The molecule has 0 spiro atoms. The first-order valence-electron chi connectivity index (χ1n) is 7.79. The summed E-state index contributed by atoms with van der Waals surface area (Å²) in [5.74, 6) is -0.524. The minimum Gasteiger partial charge on any atom is -0.505 e. The molecule has 1 amide bonds. The minimum atomic E-state index is -0.294. The number of likely N-dealkylation sites (tertiary alicyclic amines) is 1. The van der Waals surface area contributed by atoms with E-state index >= 15 is 0 Å². The Kier molecular flexibility index (Phi) is 7.97. The molecule has 0 aromatic carbocycles. The van der Waals surface area contributed by atoms with Crippen LogP contribution in [0.4, 0.5) is 0 Å². The molecule has 23 heavy (non-hydrogen) atoms. The van der Waals surface area contributed by atoms with Crippen molar-refractivity contribution in [2.75, 3.05) is 13.1 Å². The molecule has 1 saturated heterocycles. The Balaban J connectivity index is 0.000000593. The summed E-state index contributed by atoms with van der Waals surface area (Å²) < 4.78 is 0. The van der Waals surface area contributed by atoms with Crippen molar-refractivity contribution in [1.82, 2.24) is 9.88 Å². The largest absolute Gasteiger partial charge is 0.505 e. The molecule has 1 aromatic heterocycles. The van der Waals surface area contributed by atoms with Crippen molar-refractivity contribution in [3.8, 4) is 0 Å². The van der Waals surface area contributed by atoms with Gasteiger partial charge in [0.2, 0.25) is 0 Å². The molecule has 0 radical (unpaired) electrons. The highest BCUT2D eigenvalue weighted by Crippen LogP contribution is 2.17. The summed E-state index contributed by atoms with van der Waals surface area (Å²) >= 11 is 0. The molecule has 3 N–H and O–H groups in total. The Morgan fingerprint density at radius 1 is 1.30 bits per heavy atom. The third-order valence-corrected chi connectivity index (χ3v) is 3.18. The monoisotopic (exact) mass is 319 g/mol. The van der Waals surface area contributed by atoms with Crippen LogP contribution in [0.3, 0.4) is 0 Å². The summed E-state index contributed by atoms with van der Waals surface area (Å²) in [4.78, 5) is 17.9. The van der Waals surface area contributed by atoms with Crippen LogP contribution < -0.4 is 0 Å². The first kappa shape index (κ1) is 18.8. The van der Waals surface area contributed by atoms with Crippen LogP contribution in [0.15, 0.2) is 30.0 Å². The second-order valence-corrected chi connectivity index (χ2v) is 5.57. The van der Waals surface area contributed by atoms with E-state index in [1.165, 1.54) is 0 Å². The van der Waals surface area contributed by atoms with Crippen molar-refractivity contribution in [3.05, 3.63) is 35.7 Å². The molecule has 6 nitrogen and oxygen atoms in total. The number of piperidine rings is 1. The molecule has 6 heteroatoms. The lowest BCUT2D eigenvalue weighted by Crippen LogP contribution is -2.37. The number of pyridine rings is 1. The number of hydrogen-bond donors (Lipinski definition) is 3. The molecule has 1 aromatic rings. The first-order valence-corrected chi connectivity index (χ1v) is 7.79. The van der Waals surface area contributed by atoms with Crippen LogP contribution in [0, 0.1) is 5.41 Å². The normalized spacial score (nSPS) is 15.4. The molecule has 126 valence electrons. The van der Waals surface area contributed by atoms with Crippen molar-refractivity contribution < 1.29 is 15.0 Å². The van der Waals surface area contributed by atoms with Gasteiger partial charge in [-0.1, -0.05) is 6.07 Å². The summed E-state index contributed by atoms with van der Waals surface area (Å²) in [5, 5.41) is 25.5. The third kappa shape index (κ3) is 6.20. The number of nitrogens with zero attached hydrogens (tertiary/aromatic N) is 2. The van der Waals surface area contributed by atoms with E-state index in [1.807, 2.05) is 0 Å². The van der Waals surface area contributed by atoms with Gasteiger partial charge >= 0.3 is 0 Å². The van der Waals surface area contributed by atoms with Gasteiger partial charge < -0.3 is 20.5 Å². The number of aliphatic hydroxyl groups excluding tert-OH is 2. The molecular formula is C17H25N3O3. The highest BCUT2D eigenvalue weighted by Gasteiger charge is 2.22. The summed E-state index contributed by atoms with van der Waals surface area (Å²) in [7, 11) is 0. The summed E-state index contributed by atoms with van der Waals surface area (Å²) in [6, 6.07) is 5.07. The average Bonchev–Trinajstić information content (AvgIpc) is 2.56. The number of rotatable bonds is 3. The fourth-order valence-electron chi connectivity index (χ4n) is 2.14. The van der Waals surface area contributed by atoms with Gasteiger partial charge in [-0.25, -0.2) is 0 Å². The SMILES string of the molecule is CC(C)O.N=C/C(C(=O)N1CCCCC1)=C(\O)c1ccccn1. The average molecular weight is 319 g/mol. The van der Waals surface area contributed by atoms with E-state index in [1.54, 1.807) is 43.1 Å². The van der Waals surface area contributed by atoms with Gasteiger partial charge in [0.25, 0.3) is 5.91 Å². The second kappa shape index (κ2) is 9.74. The minimum absolute atomic E-state index is 0.000556. The summed E-state index contributed by atoms with van der Waals surface area (Å²) in [5.41, 5.74) is 0.312. The van der Waals surface area contributed by atoms with Gasteiger partial charge in [0.1, 0.15) is 11.3 Å². The lowest BCUT2D eigenvalue weighted by Gasteiger charge is -2.27. The van der Waals surface area contributed by atoms with Crippen molar-refractivity contribution in [3.63, 3.8) is 0 Å². The van der Waals surface area contributed by atoms with Crippen molar-refractivity contribution >= 4 is 17.9 Å². The molecule has 2 rings (SSSR count). The van der Waals surface area contributed by atoms with E-state index in [9.17, 15) is 9.90 Å². The van der Waals surface area contributed by atoms with Crippen LogP contribution >= 0.6 is 0 Å². The van der Waals surface area contributed by atoms with Crippen molar-refractivity contribution in [2.24, 2.45) is 0 Å². The Bertz CT molecular complexity index is 533. The van der Waals surface area contributed by atoms with Crippen LogP contribution in [0.2, 0.25) is 0 Å². The molecule has 1 aliphatic rings. The van der Waals surface area contributed by atoms with E-state index in [0.717, 1.165) is 25.5 Å². The number of nitrogens with one attached hydrogen (secondary N) is 1. The number of carbonyl (C=O) groups excluding carboxylic acids is 1. The molecular weight excluding hydrogens is 294 g/mol. The zero-order valence-corrected chi connectivity index (χ0v) is 13.7. The predicted octanol–water partition coefficient (Wildman–Crippen LogP) is 2.40. The number of aliphatic hydroxyl groups is 2. The van der Waals surface area contributed by atoms with E-state index < -0.39 is 0 Å². The zero-order chi connectivity index (χ0) is 17.2. The van der Waals surface area contributed by atoms with Crippen LogP contribution in [-0.4, -0.2) is 51.4 Å². The predicted molar refractivity (Wildman–Crippen MR) is 90.4 cm³/mol.